The molecule has 5 heteroatoms. The normalized spacial score (nSPS) is 10.0. The van der Waals surface area contributed by atoms with E-state index in [1.54, 1.807) is 30.3 Å². The SMILES string of the molecule is COC(=O)c1ccc(OC)c(OCc2ccc(F)cc2)c1. The third kappa shape index (κ3) is 3.72. The highest BCUT2D eigenvalue weighted by molar-refractivity contribution is 5.90. The van der Waals surface area contributed by atoms with Crippen LogP contribution in [0.5, 0.6) is 11.5 Å². The summed E-state index contributed by atoms with van der Waals surface area (Å²) in [6.45, 7) is 0.237. The number of esters is 1. The Balaban J connectivity index is 2.17. The second-order valence-corrected chi connectivity index (χ2v) is 4.27. The third-order valence-corrected chi connectivity index (χ3v) is 2.89. The molecule has 110 valence electrons. The Morgan fingerprint density at radius 1 is 1.05 bits per heavy atom. The molecule has 0 atom stereocenters. The van der Waals surface area contributed by atoms with Gasteiger partial charge < -0.3 is 14.2 Å². The van der Waals surface area contributed by atoms with Gasteiger partial charge in [0.05, 0.1) is 19.8 Å². The number of benzene rings is 2. The van der Waals surface area contributed by atoms with Crippen molar-refractivity contribution in [2.45, 2.75) is 6.61 Å². The van der Waals surface area contributed by atoms with E-state index in [2.05, 4.69) is 4.74 Å². The summed E-state index contributed by atoms with van der Waals surface area (Å²) in [7, 11) is 2.82. The fourth-order valence-corrected chi connectivity index (χ4v) is 1.78. The van der Waals surface area contributed by atoms with E-state index in [0.717, 1.165) is 5.56 Å². The number of hydrogen-bond donors (Lipinski definition) is 0. The molecule has 0 aliphatic carbocycles. The molecule has 0 saturated carbocycles. The Morgan fingerprint density at radius 3 is 2.38 bits per heavy atom. The molecule has 2 aromatic carbocycles. The zero-order valence-electron chi connectivity index (χ0n) is 11.8. The number of carbonyl (C=O) groups is 1. The molecule has 0 N–H and O–H groups in total. The van der Waals surface area contributed by atoms with Crippen LogP contribution in [0.1, 0.15) is 15.9 Å². The minimum atomic E-state index is -0.454. The number of rotatable bonds is 5. The molecule has 0 aliphatic rings. The van der Waals surface area contributed by atoms with Gasteiger partial charge in [-0.25, -0.2) is 9.18 Å². The van der Waals surface area contributed by atoms with Gasteiger partial charge in [-0.3, -0.25) is 0 Å². The monoisotopic (exact) mass is 290 g/mol. The molecule has 0 spiro atoms. The number of halogens is 1. The van der Waals surface area contributed by atoms with Crippen LogP contribution in [0.25, 0.3) is 0 Å². The van der Waals surface area contributed by atoms with E-state index in [-0.39, 0.29) is 12.4 Å². The number of hydrogen-bond acceptors (Lipinski definition) is 4. The Kier molecular flexibility index (Phi) is 4.77. The molecule has 0 radical (unpaired) electrons. The van der Waals surface area contributed by atoms with Gasteiger partial charge in [0, 0.05) is 0 Å². The fraction of sp³-hybridized carbons (Fsp3) is 0.188. The lowest BCUT2D eigenvalue weighted by atomic mass is 10.2. The lowest BCUT2D eigenvalue weighted by Crippen LogP contribution is -2.03. The Morgan fingerprint density at radius 2 is 1.76 bits per heavy atom. The molecule has 21 heavy (non-hydrogen) atoms. The van der Waals surface area contributed by atoms with E-state index < -0.39 is 5.97 Å². The molecule has 0 bridgehead atoms. The van der Waals surface area contributed by atoms with Gasteiger partial charge in [0.25, 0.3) is 0 Å². The van der Waals surface area contributed by atoms with Crippen LogP contribution in [0, 0.1) is 5.82 Å². The van der Waals surface area contributed by atoms with E-state index in [0.29, 0.717) is 17.1 Å². The van der Waals surface area contributed by atoms with Gasteiger partial charge >= 0.3 is 5.97 Å². The molecule has 0 unspecified atom stereocenters. The van der Waals surface area contributed by atoms with Crippen molar-refractivity contribution in [2.24, 2.45) is 0 Å². The topological polar surface area (TPSA) is 44.8 Å². The number of ether oxygens (including phenoxy) is 3. The molecular weight excluding hydrogens is 275 g/mol. The van der Waals surface area contributed by atoms with Crippen molar-refractivity contribution in [1.29, 1.82) is 0 Å². The fourth-order valence-electron chi connectivity index (χ4n) is 1.78. The molecule has 0 fully saturated rings. The van der Waals surface area contributed by atoms with Crippen LogP contribution >= 0.6 is 0 Å². The largest absolute Gasteiger partial charge is 0.493 e. The summed E-state index contributed by atoms with van der Waals surface area (Å²) in [6, 6.07) is 10.8. The van der Waals surface area contributed by atoms with Gasteiger partial charge in [0.2, 0.25) is 0 Å². The zero-order chi connectivity index (χ0) is 15.2. The van der Waals surface area contributed by atoms with Crippen LogP contribution in [0.15, 0.2) is 42.5 Å². The van der Waals surface area contributed by atoms with Crippen LogP contribution < -0.4 is 9.47 Å². The number of carbonyl (C=O) groups excluding carboxylic acids is 1. The van der Waals surface area contributed by atoms with Crippen LogP contribution in [-0.2, 0) is 11.3 Å². The van der Waals surface area contributed by atoms with Gasteiger partial charge in [-0.2, -0.15) is 0 Å². The van der Waals surface area contributed by atoms with Crippen molar-refractivity contribution in [3.63, 3.8) is 0 Å². The summed E-state index contributed by atoms with van der Waals surface area (Å²) in [4.78, 5) is 11.5. The first-order chi connectivity index (χ1) is 10.1. The van der Waals surface area contributed by atoms with Gasteiger partial charge in [0.1, 0.15) is 12.4 Å². The minimum absolute atomic E-state index is 0.237. The maximum Gasteiger partial charge on any atom is 0.337 e. The Bertz CT molecular complexity index is 623. The van der Waals surface area contributed by atoms with Crippen molar-refractivity contribution < 1.29 is 23.4 Å². The standard InChI is InChI=1S/C16H15FO4/c1-19-14-8-5-12(16(18)20-2)9-15(14)21-10-11-3-6-13(17)7-4-11/h3-9H,10H2,1-2H3. The minimum Gasteiger partial charge on any atom is -0.493 e. The quantitative estimate of drug-likeness (QED) is 0.793. The van der Waals surface area contributed by atoms with E-state index in [1.165, 1.54) is 26.4 Å². The molecular formula is C16H15FO4. The molecule has 0 heterocycles. The van der Waals surface area contributed by atoms with Crippen LogP contribution in [0.4, 0.5) is 4.39 Å². The predicted molar refractivity (Wildman–Crippen MR) is 75.1 cm³/mol. The van der Waals surface area contributed by atoms with E-state index >= 15 is 0 Å². The van der Waals surface area contributed by atoms with Gasteiger partial charge in [-0.15, -0.1) is 0 Å². The molecule has 0 amide bonds. The summed E-state index contributed by atoms with van der Waals surface area (Å²) in [5.74, 6) is 0.169. The second-order valence-electron chi connectivity index (χ2n) is 4.27. The van der Waals surface area contributed by atoms with Gasteiger partial charge in [0.15, 0.2) is 11.5 Å². The Labute approximate surface area is 122 Å². The number of methoxy groups -OCH3 is 2. The molecule has 4 nitrogen and oxygen atoms in total. The summed E-state index contributed by atoms with van der Waals surface area (Å²) < 4.78 is 28.3. The molecule has 0 aromatic heterocycles. The van der Waals surface area contributed by atoms with Crippen molar-refractivity contribution >= 4 is 5.97 Å². The smallest absolute Gasteiger partial charge is 0.337 e. The maximum atomic E-state index is 12.8. The first-order valence-corrected chi connectivity index (χ1v) is 6.27. The van der Waals surface area contributed by atoms with E-state index in [4.69, 9.17) is 9.47 Å². The second kappa shape index (κ2) is 6.74. The van der Waals surface area contributed by atoms with Crippen LogP contribution in [0.3, 0.4) is 0 Å². The zero-order valence-corrected chi connectivity index (χ0v) is 11.8. The van der Waals surface area contributed by atoms with E-state index in [9.17, 15) is 9.18 Å². The molecule has 2 aromatic rings. The molecule has 0 aliphatic heterocycles. The Hall–Kier alpha value is -2.56. The van der Waals surface area contributed by atoms with Gasteiger partial charge in [-0.05, 0) is 35.9 Å². The predicted octanol–water partition coefficient (Wildman–Crippen LogP) is 3.20. The first-order valence-electron chi connectivity index (χ1n) is 6.27. The van der Waals surface area contributed by atoms with Crippen molar-refractivity contribution in [1.82, 2.24) is 0 Å². The third-order valence-electron chi connectivity index (χ3n) is 2.89. The van der Waals surface area contributed by atoms with Crippen LogP contribution in [-0.4, -0.2) is 20.2 Å². The summed E-state index contributed by atoms with van der Waals surface area (Å²) in [6.07, 6.45) is 0. The summed E-state index contributed by atoms with van der Waals surface area (Å²) in [5.41, 5.74) is 1.18. The van der Waals surface area contributed by atoms with Crippen LogP contribution in [0.2, 0.25) is 0 Å². The highest BCUT2D eigenvalue weighted by Crippen LogP contribution is 2.29. The average Bonchev–Trinajstić information content (AvgIpc) is 2.53. The lowest BCUT2D eigenvalue weighted by molar-refractivity contribution is 0.0600. The highest BCUT2D eigenvalue weighted by atomic mass is 19.1. The summed E-state index contributed by atoms with van der Waals surface area (Å²) in [5, 5.41) is 0. The van der Waals surface area contributed by atoms with Crippen molar-refractivity contribution in [3.8, 4) is 11.5 Å². The maximum absolute atomic E-state index is 12.8. The van der Waals surface area contributed by atoms with Crippen molar-refractivity contribution in [2.75, 3.05) is 14.2 Å². The highest BCUT2D eigenvalue weighted by Gasteiger charge is 2.11. The van der Waals surface area contributed by atoms with Gasteiger partial charge in [-0.1, -0.05) is 12.1 Å². The first kappa shape index (κ1) is 14.8. The van der Waals surface area contributed by atoms with E-state index in [1.807, 2.05) is 0 Å². The summed E-state index contributed by atoms with van der Waals surface area (Å²) >= 11 is 0. The average molecular weight is 290 g/mol. The van der Waals surface area contributed by atoms with Crippen molar-refractivity contribution in [3.05, 3.63) is 59.4 Å². The molecule has 2 rings (SSSR count). The molecule has 0 saturated heterocycles. The lowest BCUT2D eigenvalue weighted by Gasteiger charge is -2.12.